The van der Waals surface area contributed by atoms with Gasteiger partial charge in [-0.05, 0) is 19.3 Å². The number of nitrogen functional groups attached to an aromatic ring is 1. The van der Waals surface area contributed by atoms with E-state index < -0.39 is 0 Å². The van der Waals surface area contributed by atoms with Gasteiger partial charge in [0.05, 0.1) is 0 Å². The van der Waals surface area contributed by atoms with Gasteiger partial charge in [0.2, 0.25) is 0 Å². The highest BCUT2D eigenvalue weighted by molar-refractivity contribution is 5.47. The van der Waals surface area contributed by atoms with Gasteiger partial charge in [0.1, 0.15) is 17.5 Å². The summed E-state index contributed by atoms with van der Waals surface area (Å²) in [5, 5.41) is 3.40. The molecule has 1 aromatic heterocycles. The number of nitrogens with two attached hydrogens (primary N) is 1. The standard InChI is InChI=1S/C11H19N5/c1-7(2)11-14-9(6-10(15-11)16-12)13-8-4-3-5-8/h6-8H,3-5,12H2,1-2H3,(H2,13,14,15,16). The minimum atomic E-state index is 0.301. The van der Waals surface area contributed by atoms with Gasteiger partial charge in [-0.3, -0.25) is 0 Å². The fourth-order valence-corrected chi connectivity index (χ4v) is 1.63. The molecular formula is C11H19N5. The Balaban J connectivity index is 2.18. The summed E-state index contributed by atoms with van der Waals surface area (Å²) in [6.45, 7) is 4.14. The van der Waals surface area contributed by atoms with Gasteiger partial charge in [-0.2, -0.15) is 0 Å². The fraction of sp³-hybridized carbons (Fsp3) is 0.636. The van der Waals surface area contributed by atoms with Crippen molar-refractivity contribution in [1.82, 2.24) is 9.97 Å². The number of hydrogen-bond acceptors (Lipinski definition) is 5. The Morgan fingerprint density at radius 1 is 1.31 bits per heavy atom. The van der Waals surface area contributed by atoms with E-state index in [1.165, 1.54) is 19.3 Å². The molecule has 5 heteroatoms. The molecule has 2 rings (SSSR count). The first-order valence-corrected chi connectivity index (χ1v) is 5.81. The van der Waals surface area contributed by atoms with Crippen LogP contribution >= 0.6 is 0 Å². The lowest BCUT2D eigenvalue weighted by molar-refractivity contribution is 0.444. The van der Waals surface area contributed by atoms with Crippen molar-refractivity contribution >= 4 is 11.6 Å². The van der Waals surface area contributed by atoms with Crippen LogP contribution in [-0.4, -0.2) is 16.0 Å². The topological polar surface area (TPSA) is 75.9 Å². The van der Waals surface area contributed by atoms with E-state index in [1.54, 1.807) is 0 Å². The number of hydrazine groups is 1. The molecular weight excluding hydrogens is 202 g/mol. The first kappa shape index (κ1) is 11.1. The summed E-state index contributed by atoms with van der Waals surface area (Å²) in [6, 6.07) is 2.42. The molecule has 0 bridgehead atoms. The molecule has 16 heavy (non-hydrogen) atoms. The summed E-state index contributed by atoms with van der Waals surface area (Å²) in [4.78, 5) is 8.80. The van der Waals surface area contributed by atoms with Crippen LogP contribution in [0.25, 0.3) is 0 Å². The SMILES string of the molecule is CC(C)c1nc(NN)cc(NC2CCC2)n1. The Kier molecular flexibility index (Phi) is 3.24. The van der Waals surface area contributed by atoms with E-state index in [0.29, 0.717) is 17.8 Å². The Morgan fingerprint density at radius 2 is 2.00 bits per heavy atom. The van der Waals surface area contributed by atoms with Gasteiger partial charge in [0, 0.05) is 18.0 Å². The second kappa shape index (κ2) is 4.65. The molecule has 0 amide bonds. The molecule has 1 saturated carbocycles. The van der Waals surface area contributed by atoms with Crippen molar-refractivity contribution in [1.29, 1.82) is 0 Å². The van der Waals surface area contributed by atoms with Crippen molar-refractivity contribution in [3.63, 3.8) is 0 Å². The summed E-state index contributed by atoms with van der Waals surface area (Å²) in [5.41, 5.74) is 2.58. The maximum Gasteiger partial charge on any atom is 0.145 e. The molecule has 88 valence electrons. The highest BCUT2D eigenvalue weighted by Gasteiger charge is 2.18. The lowest BCUT2D eigenvalue weighted by Gasteiger charge is -2.27. The molecule has 0 radical (unpaired) electrons. The number of hydrogen-bond donors (Lipinski definition) is 3. The molecule has 0 saturated heterocycles. The van der Waals surface area contributed by atoms with E-state index in [2.05, 4.69) is 34.6 Å². The van der Waals surface area contributed by atoms with Crippen molar-refractivity contribution in [2.45, 2.75) is 45.1 Å². The van der Waals surface area contributed by atoms with Gasteiger partial charge in [-0.15, -0.1) is 0 Å². The van der Waals surface area contributed by atoms with Crippen molar-refractivity contribution in [3.8, 4) is 0 Å². The van der Waals surface area contributed by atoms with Gasteiger partial charge in [0.15, 0.2) is 0 Å². The molecule has 0 aromatic carbocycles. The van der Waals surface area contributed by atoms with E-state index >= 15 is 0 Å². The molecule has 4 N–H and O–H groups in total. The van der Waals surface area contributed by atoms with E-state index in [0.717, 1.165) is 11.6 Å². The molecule has 0 spiro atoms. The summed E-state index contributed by atoms with van der Waals surface area (Å²) in [7, 11) is 0. The second-order valence-corrected chi connectivity index (χ2v) is 4.57. The third-order valence-electron chi connectivity index (χ3n) is 2.86. The summed E-state index contributed by atoms with van der Waals surface area (Å²) in [5.74, 6) is 8.05. The third kappa shape index (κ3) is 2.41. The molecule has 1 aliphatic rings. The maximum absolute atomic E-state index is 5.40. The zero-order chi connectivity index (χ0) is 11.5. The van der Waals surface area contributed by atoms with E-state index in [9.17, 15) is 0 Å². The Morgan fingerprint density at radius 3 is 2.50 bits per heavy atom. The van der Waals surface area contributed by atoms with Gasteiger partial charge < -0.3 is 10.7 Å². The molecule has 1 fully saturated rings. The van der Waals surface area contributed by atoms with Crippen LogP contribution < -0.4 is 16.6 Å². The van der Waals surface area contributed by atoms with E-state index in [1.807, 2.05) is 6.07 Å². The molecule has 5 nitrogen and oxygen atoms in total. The highest BCUT2D eigenvalue weighted by atomic mass is 15.3. The molecule has 1 aromatic rings. The summed E-state index contributed by atoms with van der Waals surface area (Å²) >= 11 is 0. The van der Waals surface area contributed by atoms with Crippen molar-refractivity contribution in [2.24, 2.45) is 5.84 Å². The number of rotatable bonds is 4. The minimum absolute atomic E-state index is 0.301. The highest BCUT2D eigenvalue weighted by Crippen LogP contribution is 2.24. The minimum Gasteiger partial charge on any atom is -0.367 e. The lowest BCUT2D eigenvalue weighted by Crippen LogP contribution is -2.28. The van der Waals surface area contributed by atoms with Crippen molar-refractivity contribution in [2.75, 3.05) is 10.7 Å². The predicted molar refractivity (Wildman–Crippen MR) is 65.2 cm³/mol. The van der Waals surface area contributed by atoms with Gasteiger partial charge in [-0.1, -0.05) is 13.8 Å². The van der Waals surface area contributed by atoms with Crippen LogP contribution in [-0.2, 0) is 0 Å². The normalized spacial score (nSPS) is 16.0. The van der Waals surface area contributed by atoms with Gasteiger partial charge in [-0.25, -0.2) is 15.8 Å². The Bertz CT molecular complexity index is 359. The summed E-state index contributed by atoms with van der Waals surface area (Å²) in [6.07, 6.45) is 3.76. The number of anilines is 2. The largest absolute Gasteiger partial charge is 0.367 e. The molecule has 0 aliphatic heterocycles. The first-order chi connectivity index (χ1) is 7.69. The van der Waals surface area contributed by atoms with Crippen LogP contribution in [0.4, 0.5) is 11.6 Å². The number of nitrogens with one attached hydrogen (secondary N) is 2. The zero-order valence-corrected chi connectivity index (χ0v) is 9.83. The lowest BCUT2D eigenvalue weighted by atomic mass is 9.93. The Labute approximate surface area is 95.8 Å². The quantitative estimate of drug-likeness (QED) is 0.534. The maximum atomic E-state index is 5.40. The van der Waals surface area contributed by atoms with E-state index in [-0.39, 0.29) is 0 Å². The van der Waals surface area contributed by atoms with Crippen LogP contribution in [0.2, 0.25) is 0 Å². The van der Waals surface area contributed by atoms with Crippen molar-refractivity contribution < 1.29 is 0 Å². The van der Waals surface area contributed by atoms with Gasteiger partial charge >= 0.3 is 0 Å². The Hall–Kier alpha value is -1.36. The van der Waals surface area contributed by atoms with Crippen LogP contribution in [0.1, 0.15) is 44.9 Å². The zero-order valence-electron chi connectivity index (χ0n) is 9.83. The average molecular weight is 221 g/mol. The fourth-order valence-electron chi connectivity index (χ4n) is 1.63. The van der Waals surface area contributed by atoms with Crippen LogP contribution in [0.5, 0.6) is 0 Å². The predicted octanol–water partition coefficient (Wildman–Crippen LogP) is 1.85. The third-order valence-corrected chi connectivity index (χ3v) is 2.86. The average Bonchev–Trinajstić information content (AvgIpc) is 2.23. The summed E-state index contributed by atoms with van der Waals surface area (Å²) < 4.78 is 0. The van der Waals surface area contributed by atoms with Crippen LogP contribution in [0.3, 0.4) is 0 Å². The second-order valence-electron chi connectivity index (χ2n) is 4.57. The monoisotopic (exact) mass is 221 g/mol. The van der Waals surface area contributed by atoms with Crippen LogP contribution in [0.15, 0.2) is 6.07 Å². The van der Waals surface area contributed by atoms with Crippen LogP contribution in [0, 0.1) is 0 Å². The number of aromatic nitrogens is 2. The first-order valence-electron chi connectivity index (χ1n) is 5.81. The molecule has 1 aliphatic carbocycles. The molecule has 0 unspecified atom stereocenters. The van der Waals surface area contributed by atoms with Crippen molar-refractivity contribution in [3.05, 3.63) is 11.9 Å². The number of nitrogens with zero attached hydrogens (tertiary/aromatic N) is 2. The van der Waals surface area contributed by atoms with E-state index in [4.69, 9.17) is 5.84 Å². The molecule has 0 atom stereocenters. The smallest absolute Gasteiger partial charge is 0.145 e. The van der Waals surface area contributed by atoms with Gasteiger partial charge in [0.25, 0.3) is 0 Å². The molecule has 1 heterocycles.